The number of rotatable bonds is 6. The quantitative estimate of drug-likeness (QED) is 0.146. The van der Waals surface area contributed by atoms with Gasteiger partial charge in [0.2, 0.25) is 11.6 Å². The van der Waals surface area contributed by atoms with Crippen LogP contribution in [0.15, 0.2) is 48.5 Å². The Balaban J connectivity index is -0.000000180. The van der Waals surface area contributed by atoms with Crippen LogP contribution < -0.4 is 32.7 Å². The van der Waals surface area contributed by atoms with E-state index in [0.717, 1.165) is 9.59 Å². The van der Waals surface area contributed by atoms with Gasteiger partial charge < -0.3 is 73.8 Å². The normalized spacial score (nSPS) is 8.39. The smallest absolute Gasteiger partial charge is 0.545 e. The number of carboxylic acids is 4. The van der Waals surface area contributed by atoms with Gasteiger partial charge in [0, 0.05) is 0 Å². The monoisotopic (exact) mass is 640 g/mol. The van der Waals surface area contributed by atoms with Crippen LogP contribution in [0.4, 0.5) is 0 Å². The van der Waals surface area contributed by atoms with Gasteiger partial charge >= 0.3 is 19.5 Å². The van der Waals surface area contributed by atoms with E-state index in [1.165, 1.54) is 48.5 Å². The van der Waals surface area contributed by atoms with Crippen LogP contribution >= 0.6 is 0 Å². The molecule has 0 aliphatic carbocycles. The van der Waals surface area contributed by atoms with Crippen molar-refractivity contribution in [1.29, 1.82) is 0 Å². The van der Waals surface area contributed by atoms with Gasteiger partial charge in [0.05, 0.1) is 23.3 Å². The molecule has 220 valence electrons. The van der Waals surface area contributed by atoms with Gasteiger partial charge in [-0.15, -0.1) is 30.0 Å². The van der Waals surface area contributed by atoms with Gasteiger partial charge in [-0.05, 0) is 45.8 Å². The van der Waals surface area contributed by atoms with Crippen LogP contribution in [0.3, 0.4) is 0 Å². The van der Waals surface area contributed by atoms with E-state index in [0.29, 0.717) is 11.4 Å². The third-order valence-electron chi connectivity index (χ3n) is 3.86. The first kappa shape index (κ1) is 45.7. The van der Waals surface area contributed by atoms with Crippen molar-refractivity contribution >= 4 is 23.9 Å². The number of carbonyl (C=O) groups excluding carboxylic acids is 4. The maximum atomic E-state index is 10.5. The molecular formula is C18H28N10O12Zn+4. The fourth-order valence-corrected chi connectivity index (χ4v) is 2.27. The Morgan fingerprint density at radius 1 is 0.512 bits per heavy atom. The van der Waals surface area contributed by atoms with Crippen LogP contribution in [-0.4, -0.2) is 64.3 Å². The predicted molar refractivity (Wildman–Crippen MR) is 127 cm³/mol. The molecule has 4 aromatic rings. The van der Waals surface area contributed by atoms with Crippen LogP contribution in [-0.2, 0) is 41.4 Å². The first-order chi connectivity index (χ1) is 16.2. The molecule has 4 rings (SSSR count). The second-order valence-corrected chi connectivity index (χ2v) is 6.05. The minimum atomic E-state index is -1.54. The molecule has 0 saturated heterocycles. The summed E-state index contributed by atoms with van der Waals surface area (Å²) in [6.45, 7) is 0. The molecule has 0 unspecified atom stereocenters. The fourth-order valence-electron chi connectivity index (χ4n) is 2.27. The maximum Gasteiger partial charge on any atom is 2.00 e. The van der Waals surface area contributed by atoms with Crippen molar-refractivity contribution in [3.05, 3.63) is 71.3 Å². The Morgan fingerprint density at radius 3 is 0.976 bits per heavy atom. The molecule has 41 heavy (non-hydrogen) atoms. The van der Waals surface area contributed by atoms with Crippen molar-refractivity contribution in [2.75, 3.05) is 0 Å². The molecule has 0 saturated carbocycles. The summed E-state index contributed by atoms with van der Waals surface area (Å²) in [6, 6.07) is 10.7. The first-order valence-corrected chi connectivity index (χ1v) is 8.82. The number of quaternary nitrogens is 2. The number of carbonyl (C=O) groups is 4. The van der Waals surface area contributed by atoms with Crippen LogP contribution in [0, 0.1) is 0 Å². The number of hydrogen-bond donors (Lipinski definition) is 2. The zero-order valence-electron chi connectivity index (χ0n) is 21.5. The summed E-state index contributed by atoms with van der Waals surface area (Å²) in [5, 5.41) is 62.3. The molecule has 0 radical (unpaired) electrons. The molecule has 0 spiro atoms. The van der Waals surface area contributed by atoms with E-state index in [2.05, 4.69) is 30.8 Å². The molecule has 23 heteroatoms. The van der Waals surface area contributed by atoms with E-state index in [4.69, 9.17) is 0 Å². The maximum absolute atomic E-state index is 10.5. The molecule has 0 aliphatic rings. The standard InChI is InChI=1S/2C9H6N4O4.2H3N.4H2O.Zn/c2*14-8(15)5-1-3-6(4-2-5)13-11-7(9(16)17)10-12-13;;;;;;;/h2*1-4H,(H,14,15)(H,16,17);2*1H3;4*1H2;/q;;;;;;;;+2/p+2. The Hall–Kier alpha value is -5.16. The largest absolute Gasteiger partial charge is 2.00 e. The molecule has 0 bridgehead atoms. The van der Waals surface area contributed by atoms with E-state index in [9.17, 15) is 39.6 Å². The van der Waals surface area contributed by atoms with Gasteiger partial charge in [0.25, 0.3) is 0 Å². The molecule has 0 aliphatic heterocycles. The van der Waals surface area contributed by atoms with Crippen molar-refractivity contribution in [3.63, 3.8) is 0 Å². The molecule has 0 atom stereocenters. The minimum absolute atomic E-state index is 0. The molecule has 0 amide bonds. The first-order valence-electron chi connectivity index (χ1n) is 8.82. The Bertz CT molecular complexity index is 1270. The van der Waals surface area contributed by atoms with E-state index < -0.39 is 35.5 Å². The molecule has 0 fully saturated rings. The molecule has 22 nitrogen and oxygen atoms in total. The molecular weight excluding hydrogens is 614 g/mol. The number of benzene rings is 2. The Morgan fingerprint density at radius 2 is 0.780 bits per heavy atom. The number of hydrogen-bond acceptors (Lipinski definition) is 14. The second-order valence-electron chi connectivity index (χ2n) is 6.05. The number of aromatic nitrogens is 8. The van der Waals surface area contributed by atoms with E-state index in [1.54, 1.807) is 0 Å². The number of tetrazole rings is 2. The molecule has 20 N–H and O–H groups in total. The van der Waals surface area contributed by atoms with Crippen LogP contribution in [0.1, 0.15) is 42.0 Å². The van der Waals surface area contributed by atoms with Gasteiger partial charge in [-0.2, -0.15) is 0 Å². The van der Waals surface area contributed by atoms with Crippen LogP contribution in [0.25, 0.3) is 11.4 Å². The van der Waals surface area contributed by atoms with Crippen molar-refractivity contribution in [1.82, 2.24) is 52.7 Å². The minimum Gasteiger partial charge on any atom is -0.545 e. The second kappa shape index (κ2) is 19.8. The topological polar surface area (TPSA) is 453 Å². The van der Waals surface area contributed by atoms with Crippen LogP contribution in [0.5, 0.6) is 0 Å². The zero-order chi connectivity index (χ0) is 24.8. The average Bonchev–Trinajstić information content (AvgIpc) is 3.50. The summed E-state index contributed by atoms with van der Waals surface area (Å²) in [4.78, 5) is 43.7. The summed E-state index contributed by atoms with van der Waals surface area (Å²) in [7, 11) is 0. The number of nitrogens with zero attached hydrogens (tertiary/aromatic N) is 8. The van der Waals surface area contributed by atoms with Crippen molar-refractivity contribution in [2.45, 2.75) is 0 Å². The molecule has 2 aromatic heterocycles. The molecule has 2 heterocycles. The number of aromatic carboxylic acids is 4. The van der Waals surface area contributed by atoms with Gasteiger partial charge in [0.1, 0.15) is 11.9 Å². The third kappa shape index (κ3) is 11.6. The summed E-state index contributed by atoms with van der Waals surface area (Å²) < 4.78 is 0. The van der Waals surface area contributed by atoms with Gasteiger partial charge in [-0.1, -0.05) is 24.3 Å². The average molecular weight is 642 g/mol. The summed E-state index contributed by atoms with van der Waals surface area (Å²) >= 11 is 0. The van der Waals surface area contributed by atoms with Crippen molar-refractivity contribution < 1.29 is 81.0 Å². The molecule has 2 aromatic carbocycles. The van der Waals surface area contributed by atoms with E-state index >= 15 is 0 Å². The Kier molecular flexibility index (Phi) is 22.1. The van der Waals surface area contributed by atoms with E-state index in [1.807, 2.05) is 0 Å². The van der Waals surface area contributed by atoms with Gasteiger partial charge in [-0.3, -0.25) is 0 Å². The predicted octanol–water partition coefficient (Wildman–Crippen LogP) is -8.16. The summed E-state index contributed by atoms with van der Waals surface area (Å²) in [5.74, 6) is -6.79. The fraction of sp³-hybridized carbons (Fsp3) is 0. The van der Waals surface area contributed by atoms with Crippen molar-refractivity contribution in [3.8, 4) is 11.4 Å². The van der Waals surface area contributed by atoms with Gasteiger partial charge in [-0.25, -0.2) is 0 Å². The zero-order valence-corrected chi connectivity index (χ0v) is 24.4. The van der Waals surface area contributed by atoms with Crippen molar-refractivity contribution in [2.24, 2.45) is 0 Å². The third-order valence-corrected chi connectivity index (χ3v) is 3.86. The summed E-state index contributed by atoms with van der Waals surface area (Å²) in [5.41, 5.74) is 0.730. The SMILES string of the molecule is O=C([O-])c1ccc(-n2nnc(C(=O)[O-])n2)cc1.O=C([O-])c1ccc(-n2nnc(C(=O)[O-])n2)cc1.[NH4+].[NH4+].[OH3+].[OH3+].[OH3+].[OH3+].[Zn+2]. The van der Waals surface area contributed by atoms with Crippen LogP contribution in [0.2, 0.25) is 0 Å². The Labute approximate surface area is 240 Å². The summed E-state index contributed by atoms with van der Waals surface area (Å²) in [6.07, 6.45) is 0. The van der Waals surface area contributed by atoms with Gasteiger partial charge in [0.15, 0.2) is 0 Å². The number of carboxylic acid groups (broad SMARTS) is 4. The van der Waals surface area contributed by atoms with E-state index in [-0.39, 0.29) is 64.8 Å².